The summed E-state index contributed by atoms with van der Waals surface area (Å²) < 4.78 is 0. The van der Waals surface area contributed by atoms with Crippen LogP contribution in [0.3, 0.4) is 0 Å². The Labute approximate surface area is 143 Å². The van der Waals surface area contributed by atoms with E-state index in [0.29, 0.717) is 17.3 Å². The summed E-state index contributed by atoms with van der Waals surface area (Å²) in [5, 5.41) is 1.57. The fraction of sp³-hybridized carbons (Fsp3) is 0.667. The van der Waals surface area contributed by atoms with Gasteiger partial charge >= 0.3 is 0 Å². The fourth-order valence-electron chi connectivity index (χ4n) is 4.48. The predicted octanol–water partition coefficient (Wildman–Crippen LogP) is 5.27. The molecule has 1 aliphatic rings. The van der Waals surface area contributed by atoms with E-state index < -0.39 is 8.07 Å². The van der Waals surface area contributed by atoms with E-state index in [1.807, 2.05) is 0 Å². The van der Waals surface area contributed by atoms with E-state index in [2.05, 4.69) is 71.1 Å². The van der Waals surface area contributed by atoms with Crippen molar-refractivity contribution in [1.82, 2.24) is 0 Å². The first-order chi connectivity index (χ1) is 10.6. The molecule has 0 radical (unpaired) electrons. The van der Waals surface area contributed by atoms with Crippen LogP contribution in [0.2, 0.25) is 19.1 Å². The maximum atomic E-state index is 11.4. The zero-order valence-electron chi connectivity index (χ0n) is 15.9. The lowest BCUT2D eigenvalue weighted by Gasteiger charge is -2.39. The Balaban J connectivity index is 2.21. The number of hydrogen-bond donors (Lipinski definition) is 0. The number of aldehydes is 1. The third-order valence-electron chi connectivity index (χ3n) is 5.90. The molecule has 0 aromatic heterocycles. The highest BCUT2D eigenvalue weighted by Gasteiger charge is 2.53. The molecule has 1 aliphatic carbocycles. The van der Waals surface area contributed by atoms with Crippen molar-refractivity contribution in [2.24, 2.45) is 22.7 Å². The average Bonchev–Trinajstić information content (AvgIpc) is 3.25. The number of benzene rings is 1. The molecule has 0 aliphatic heterocycles. The Morgan fingerprint density at radius 2 is 1.74 bits per heavy atom. The largest absolute Gasteiger partial charge is 0.303 e. The van der Waals surface area contributed by atoms with Crippen LogP contribution in [0.1, 0.15) is 47.0 Å². The molecule has 1 nitrogen and oxygen atoms in total. The highest BCUT2D eigenvalue weighted by Crippen LogP contribution is 2.61. The van der Waals surface area contributed by atoms with Gasteiger partial charge in [-0.3, -0.25) is 0 Å². The summed E-state index contributed by atoms with van der Waals surface area (Å²) in [6.45, 7) is 13.9. The van der Waals surface area contributed by atoms with Crippen molar-refractivity contribution >= 4 is 19.5 Å². The predicted molar refractivity (Wildman–Crippen MR) is 103 cm³/mol. The molecular formula is C21H34OSi. The van der Waals surface area contributed by atoms with Crippen LogP contribution in [-0.4, -0.2) is 14.4 Å². The highest BCUT2D eigenvalue weighted by molar-refractivity contribution is 6.89. The van der Waals surface area contributed by atoms with Gasteiger partial charge in [0.15, 0.2) is 0 Å². The van der Waals surface area contributed by atoms with Crippen LogP contribution in [0, 0.1) is 22.7 Å². The van der Waals surface area contributed by atoms with Gasteiger partial charge in [0.2, 0.25) is 0 Å². The molecule has 1 aromatic carbocycles. The van der Waals surface area contributed by atoms with Gasteiger partial charge in [-0.05, 0) is 42.6 Å². The smallest absolute Gasteiger partial charge is 0.125 e. The van der Waals surface area contributed by atoms with Crippen LogP contribution < -0.4 is 5.19 Å². The zero-order chi connectivity index (χ0) is 17.3. The van der Waals surface area contributed by atoms with Gasteiger partial charge in [-0.1, -0.05) is 76.3 Å². The van der Waals surface area contributed by atoms with E-state index >= 15 is 0 Å². The van der Waals surface area contributed by atoms with E-state index in [1.54, 1.807) is 5.19 Å². The molecule has 1 fully saturated rings. The molecule has 0 spiro atoms. The maximum absolute atomic E-state index is 11.4. The Bertz CT molecular complexity index is 526. The Hall–Kier alpha value is -0.893. The molecule has 128 valence electrons. The van der Waals surface area contributed by atoms with Crippen molar-refractivity contribution in [3.8, 4) is 0 Å². The van der Waals surface area contributed by atoms with Gasteiger partial charge in [0.25, 0.3) is 0 Å². The van der Waals surface area contributed by atoms with E-state index in [0.717, 1.165) is 12.7 Å². The van der Waals surface area contributed by atoms with Gasteiger partial charge in [0, 0.05) is 5.41 Å². The number of rotatable bonds is 8. The zero-order valence-corrected chi connectivity index (χ0v) is 16.9. The Morgan fingerprint density at radius 3 is 2.17 bits per heavy atom. The minimum absolute atomic E-state index is 0.191. The number of carbonyl (C=O) groups excluding carboxylic acids is 1. The van der Waals surface area contributed by atoms with Crippen LogP contribution in [0.15, 0.2) is 30.3 Å². The highest BCUT2D eigenvalue weighted by atomic mass is 28.3. The molecule has 1 aromatic rings. The second kappa shape index (κ2) is 6.55. The van der Waals surface area contributed by atoms with Crippen LogP contribution in [0.5, 0.6) is 0 Å². The topological polar surface area (TPSA) is 17.1 Å². The summed E-state index contributed by atoms with van der Waals surface area (Å²) in [7, 11) is -1.43. The van der Waals surface area contributed by atoms with Gasteiger partial charge in [-0.15, -0.1) is 0 Å². The lowest BCUT2D eigenvalue weighted by molar-refractivity contribution is -0.116. The van der Waals surface area contributed by atoms with Crippen molar-refractivity contribution in [2.75, 3.05) is 0 Å². The third-order valence-corrected chi connectivity index (χ3v) is 9.38. The fourth-order valence-corrected chi connectivity index (χ4v) is 8.16. The minimum Gasteiger partial charge on any atom is -0.303 e. The van der Waals surface area contributed by atoms with Gasteiger partial charge in [0.1, 0.15) is 6.29 Å². The molecular weight excluding hydrogens is 296 g/mol. The van der Waals surface area contributed by atoms with E-state index in [-0.39, 0.29) is 5.41 Å². The van der Waals surface area contributed by atoms with Crippen molar-refractivity contribution in [1.29, 1.82) is 0 Å². The number of carbonyl (C=O) groups is 1. The molecule has 0 N–H and O–H groups in total. The lowest BCUT2D eigenvalue weighted by atomic mass is 9.72. The van der Waals surface area contributed by atoms with E-state index in [9.17, 15) is 4.79 Å². The quantitative estimate of drug-likeness (QED) is 0.469. The molecule has 1 atom stereocenters. The maximum Gasteiger partial charge on any atom is 0.125 e. The van der Waals surface area contributed by atoms with Crippen LogP contribution in [0.4, 0.5) is 0 Å². The molecule has 1 unspecified atom stereocenters. The molecule has 0 heterocycles. The summed E-state index contributed by atoms with van der Waals surface area (Å²) >= 11 is 0. The minimum atomic E-state index is -1.43. The molecule has 2 heteroatoms. The first kappa shape index (κ1) is 18.4. The van der Waals surface area contributed by atoms with Gasteiger partial charge in [0.05, 0.1) is 8.07 Å². The summed E-state index contributed by atoms with van der Waals surface area (Å²) in [6.07, 6.45) is 4.91. The van der Waals surface area contributed by atoms with Crippen molar-refractivity contribution in [3.05, 3.63) is 30.3 Å². The molecule has 2 rings (SSSR count). The molecule has 23 heavy (non-hydrogen) atoms. The van der Waals surface area contributed by atoms with Crippen LogP contribution >= 0.6 is 0 Å². The normalized spacial score (nSPS) is 18.7. The Morgan fingerprint density at radius 1 is 1.17 bits per heavy atom. The summed E-state index contributed by atoms with van der Waals surface area (Å²) in [6, 6.07) is 12.5. The SMILES string of the molecule is CC(C)C(CC(C)(C)C=O)C1(C[Si](C)(C)c2ccccc2)CC1. The lowest BCUT2D eigenvalue weighted by Crippen LogP contribution is -2.45. The third kappa shape index (κ3) is 4.35. The number of hydrogen-bond acceptors (Lipinski definition) is 1. The first-order valence-corrected chi connectivity index (χ1v) is 12.3. The van der Waals surface area contributed by atoms with Crippen molar-refractivity contribution < 1.29 is 4.79 Å². The molecule has 0 saturated heterocycles. The summed E-state index contributed by atoms with van der Waals surface area (Å²) in [5.41, 5.74) is 0.295. The Kier molecular flexibility index (Phi) is 5.25. The van der Waals surface area contributed by atoms with E-state index in [1.165, 1.54) is 18.9 Å². The first-order valence-electron chi connectivity index (χ1n) is 9.14. The van der Waals surface area contributed by atoms with Crippen LogP contribution in [0.25, 0.3) is 0 Å². The average molecular weight is 331 g/mol. The van der Waals surface area contributed by atoms with Gasteiger partial charge in [-0.25, -0.2) is 0 Å². The van der Waals surface area contributed by atoms with Crippen molar-refractivity contribution in [2.45, 2.75) is 66.1 Å². The van der Waals surface area contributed by atoms with Gasteiger partial charge < -0.3 is 4.79 Å². The van der Waals surface area contributed by atoms with Crippen molar-refractivity contribution in [3.63, 3.8) is 0 Å². The molecule has 0 amide bonds. The van der Waals surface area contributed by atoms with Crippen LogP contribution in [-0.2, 0) is 4.79 Å². The van der Waals surface area contributed by atoms with E-state index in [4.69, 9.17) is 0 Å². The summed E-state index contributed by atoms with van der Waals surface area (Å²) in [5.74, 6) is 1.32. The van der Waals surface area contributed by atoms with Gasteiger partial charge in [-0.2, -0.15) is 0 Å². The second-order valence-corrected chi connectivity index (χ2v) is 14.1. The molecule has 1 saturated carbocycles. The second-order valence-electron chi connectivity index (χ2n) is 9.45. The standard InChI is InChI=1S/C21H34OSi/c1-17(2)19(14-20(3,4)15-22)21(12-13-21)16-23(5,6)18-10-8-7-9-11-18/h7-11,15,17,19H,12-14,16H2,1-6H3. The molecule has 0 bridgehead atoms. The summed E-state index contributed by atoms with van der Waals surface area (Å²) in [4.78, 5) is 11.4. The monoisotopic (exact) mass is 330 g/mol.